The van der Waals surface area contributed by atoms with Gasteiger partial charge in [0.05, 0.1) is 9.35 Å². The van der Waals surface area contributed by atoms with Gasteiger partial charge in [0.2, 0.25) is 0 Å². The Labute approximate surface area is 78.0 Å². The molecule has 0 saturated heterocycles. The van der Waals surface area contributed by atoms with Gasteiger partial charge in [-0.05, 0) is 22.0 Å². The molecule has 0 unspecified atom stereocenters. The number of rotatable bonds is 1. The van der Waals surface area contributed by atoms with Crippen molar-refractivity contribution in [1.29, 1.82) is 0 Å². The fourth-order valence-corrected chi connectivity index (χ4v) is 1.81. The second-order valence-corrected chi connectivity index (χ2v) is 4.63. The second kappa shape index (κ2) is 3.36. The van der Waals surface area contributed by atoms with E-state index in [9.17, 15) is 4.79 Å². The molecule has 60 valence electrons. The van der Waals surface area contributed by atoms with Gasteiger partial charge in [-0.1, -0.05) is 0 Å². The van der Waals surface area contributed by atoms with Crippen LogP contribution >= 0.6 is 27.3 Å². The Morgan fingerprint density at radius 1 is 1.64 bits per heavy atom. The molecule has 0 bridgehead atoms. The highest BCUT2D eigenvalue weighted by Gasteiger charge is 2.08. The topological polar surface area (TPSA) is 20.3 Å². The zero-order chi connectivity index (χ0) is 8.43. The molecular formula is C7H8BrNOS. The monoisotopic (exact) mass is 233 g/mol. The van der Waals surface area contributed by atoms with E-state index in [0.717, 1.165) is 9.35 Å². The lowest BCUT2D eigenvalue weighted by atomic mass is 10.3. The van der Waals surface area contributed by atoms with Crippen LogP contribution in [0.1, 0.15) is 10.4 Å². The first-order valence-corrected chi connectivity index (χ1v) is 4.74. The van der Waals surface area contributed by atoms with Gasteiger partial charge in [-0.15, -0.1) is 11.3 Å². The molecule has 11 heavy (non-hydrogen) atoms. The van der Waals surface area contributed by atoms with Gasteiger partial charge in [0.1, 0.15) is 0 Å². The Balaban J connectivity index is 2.85. The van der Waals surface area contributed by atoms with Crippen molar-refractivity contribution >= 4 is 33.2 Å². The number of halogens is 1. The highest BCUT2D eigenvalue weighted by atomic mass is 79.9. The molecule has 0 atom stereocenters. The van der Waals surface area contributed by atoms with E-state index in [0.29, 0.717) is 0 Å². The van der Waals surface area contributed by atoms with Crippen molar-refractivity contribution in [2.45, 2.75) is 0 Å². The van der Waals surface area contributed by atoms with Crippen molar-refractivity contribution in [2.24, 2.45) is 0 Å². The first-order chi connectivity index (χ1) is 5.11. The van der Waals surface area contributed by atoms with Gasteiger partial charge >= 0.3 is 0 Å². The van der Waals surface area contributed by atoms with Crippen molar-refractivity contribution in [3.8, 4) is 0 Å². The summed E-state index contributed by atoms with van der Waals surface area (Å²) in [7, 11) is 3.49. The Morgan fingerprint density at radius 3 is 2.64 bits per heavy atom. The standard InChI is InChI=1S/C7H8BrNOS/c1-9(2)7(10)5-3-6(8)11-4-5/h3-4H,1-2H3. The lowest BCUT2D eigenvalue weighted by Crippen LogP contribution is -2.20. The van der Waals surface area contributed by atoms with Gasteiger partial charge in [0.15, 0.2) is 0 Å². The lowest BCUT2D eigenvalue weighted by Gasteiger charge is -2.07. The van der Waals surface area contributed by atoms with Gasteiger partial charge in [0.25, 0.3) is 5.91 Å². The van der Waals surface area contributed by atoms with Crippen molar-refractivity contribution in [1.82, 2.24) is 4.90 Å². The summed E-state index contributed by atoms with van der Waals surface area (Å²) in [5.74, 6) is 0.0481. The largest absolute Gasteiger partial charge is 0.345 e. The SMILES string of the molecule is CN(C)C(=O)c1csc(Br)c1. The fraction of sp³-hybridized carbons (Fsp3) is 0.286. The van der Waals surface area contributed by atoms with Crippen LogP contribution in [-0.2, 0) is 0 Å². The molecule has 0 aromatic carbocycles. The molecule has 0 N–H and O–H groups in total. The summed E-state index contributed by atoms with van der Waals surface area (Å²) < 4.78 is 0.989. The van der Waals surface area contributed by atoms with E-state index in [2.05, 4.69) is 15.9 Å². The first-order valence-electron chi connectivity index (χ1n) is 3.07. The van der Waals surface area contributed by atoms with Crippen LogP contribution in [0.2, 0.25) is 0 Å². The minimum absolute atomic E-state index is 0.0481. The van der Waals surface area contributed by atoms with E-state index in [1.54, 1.807) is 19.0 Å². The average Bonchev–Trinajstić information content (AvgIpc) is 2.34. The predicted octanol–water partition coefficient (Wildman–Crippen LogP) is 2.21. The van der Waals surface area contributed by atoms with Crippen LogP contribution in [0.5, 0.6) is 0 Å². The Kier molecular flexibility index (Phi) is 2.67. The molecule has 0 radical (unpaired) electrons. The number of thiophene rings is 1. The number of carbonyl (C=O) groups excluding carboxylic acids is 1. The van der Waals surface area contributed by atoms with Crippen LogP contribution in [0.4, 0.5) is 0 Å². The first kappa shape index (κ1) is 8.74. The van der Waals surface area contributed by atoms with Gasteiger partial charge in [0, 0.05) is 19.5 Å². The van der Waals surface area contributed by atoms with E-state index in [4.69, 9.17) is 0 Å². The number of nitrogens with zero attached hydrogens (tertiary/aromatic N) is 1. The fourth-order valence-electron chi connectivity index (χ4n) is 0.680. The van der Waals surface area contributed by atoms with Gasteiger partial charge < -0.3 is 4.90 Å². The van der Waals surface area contributed by atoms with E-state index >= 15 is 0 Å². The van der Waals surface area contributed by atoms with Crippen molar-refractivity contribution in [2.75, 3.05) is 14.1 Å². The minimum atomic E-state index is 0.0481. The smallest absolute Gasteiger partial charge is 0.254 e. The summed E-state index contributed by atoms with van der Waals surface area (Å²) in [6.45, 7) is 0. The lowest BCUT2D eigenvalue weighted by molar-refractivity contribution is 0.0828. The van der Waals surface area contributed by atoms with Crippen LogP contribution in [-0.4, -0.2) is 24.9 Å². The third-order valence-electron chi connectivity index (χ3n) is 1.22. The second-order valence-electron chi connectivity index (χ2n) is 2.34. The van der Waals surface area contributed by atoms with Crippen molar-refractivity contribution in [3.63, 3.8) is 0 Å². The molecule has 4 heteroatoms. The molecule has 1 amide bonds. The summed E-state index contributed by atoms with van der Waals surface area (Å²) >= 11 is 4.82. The van der Waals surface area contributed by atoms with E-state index in [-0.39, 0.29) is 5.91 Å². The number of hydrogen-bond donors (Lipinski definition) is 0. The number of hydrogen-bond acceptors (Lipinski definition) is 2. The van der Waals surface area contributed by atoms with Gasteiger partial charge in [-0.25, -0.2) is 0 Å². The highest BCUT2D eigenvalue weighted by molar-refractivity contribution is 9.11. The summed E-state index contributed by atoms with van der Waals surface area (Å²) in [5.41, 5.74) is 0.742. The summed E-state index contributed by atoms with van der Waals surface area (Å²) in [6.07, 6.45) is 0. The zero-order valence-electron chi connectivity index (χ0n) is 6.30. The van der Waals surface area contributed by atoms with E-state index in [1.807, 2.05) is 11.4 Å². The van der Waals surface area contributed by atoms with Crippen LogP contribution in [0.3, 0.4) is 0 Å². The van der Waals surface area contributed by atoms with Crippen LogP contribution < -0.4 is 0 Å². The molecule has 0 aliphatic rings. The molecule has 1 heterocycles. The zero-order valence-corrected chi connectivity index (χ0v) is 8.70. The molecule has 1 aromatic heterocycles. The number of amides is 1. The Morgan fingerprint density at radius 2 is 2.27 bits per heavy atom. The quantitative estimate of drug-likeness (QED) is 0.729. The maximum absolute atomic E-state index is 11.3. The van der Waals surface area contributed by atoms with E-state index in [1.165, 1.54) is 11.3 Å². The van der Waals surface area contributed by atoms with Crippen molar-refractivity contribution < 1.29 is 4.79 Å². The van der Waals surface area contributed by atoms with Crippen molar-refractivity contribution in [3.05, 3.63) is 20.8 Å². The molecule has 2 nitrogen and oxygen atoms in total. The molecule has 0 spiro atoms. The van der Waals surface area contributed by atoms with Crippen LogP contribution in [0, 0.1) is 0 Å². The minimum Gasteiger partial charge on any atom is -0.345 e. The maximum Gasteiger partial charge on any atom is 0.254 e. The highest BCUT2D eigenvalue weighted by Crippen LogP contribution is 2.21. The van der Waals surface area contributed by atoms with E-state index < -0.39 is 0 Å². The predicted molar refractivity (Wildman–Crippen MR) is 50.0 cm³/mol. The third kappa shape index (κ3) is 2.04. The molecule has 0 aliphatic carbocycles. The number of carbonyl (C=O) groups is 1. The molecule has 0 fully saturated rings. The maximum atomic E-state index is 11.3. The summed E-state index contributed by atoms with van der Waals surface area (Å²) in [4.78, 5) is 12.8. The third-order valence-corrected chi connectivity index (χ3v) is 2.73. The summed E-state index contributed by atoms with van der Waals surface area (Å²) in [6, 6.07) is 1.83. The normalized spacial score (nSPS) is 9.73. The molecule has 1 rings (SSSR count). The van der Waals surface area contributed by atoms with Gasteiger partial charge in [-0.3, -0.25) is 4.79 Å². The van der Waals surface area contributed by atoms with Crippen LogP contribution in [0.25, 0.3) is 0 Å². The molecule has 1 aromatic rings. The molecular weight excluding hydrogens is 226 g/mol. The summed E-state index contributed by atoms with van der Waals surface area (Å²) in [5, 5.41) is 1.84. The molecule has 0 aliphatic heterocycles. The average molecular weight is 234 g/mol. The Bertz CT molecular complexity index is 269. The Hall–Kier alpha value is -0.350. The molecule has 0 saturated carbocycles. The van der Waals surface area contributed by atoms with Crippen LogP contribution in [0.15, 0.2) is 15.2 Å². The van der Waals surface area contributed by atoms with Gasteiger partial charge in [-0.2, -0.15) is 0 Å².